The van der Waals surface area contributed by atoms with Gasteiger partial charge in [0, 0.05) is 10.0 Å². The number of halogens is 1. The summed E-state index contributed by atoms with van der Waals surface area (Å²) in [5.41, 5.74) is 0.987. The predicted octanol–water partition coefficient (Wildman–Crippen LogP) is 2.82. The molecule has 0 heterocycles. The SMILES string of the molecule is CC#CC#Cc1ccc(Br)cc1. The monoisotopic (exact) mass is 218 g/mol. The molecule has 0 radical (unpaired) electrons. The van der Waals surface area contributed by atoms with Gasteiger partial charge in [0.2, 0.25) is 0 Å². The first-order chi connectivity index (χ1) is 5.83. The van der Waals surface area contributed by atoms with Gasteiger partial charge in [0.15, 0.2) is 0 Å². The molecule has 0 bridgehead atoms. The molecule has 0 spiro atoms. The summed E-state index contributed by atoms with van der Waals surface area (Å²) in [6.45, 7) is 1.77. The van der Waals surface area contributed by atoms with Gasteiger partial charge in [0.1, 0.15) is 0 Å². The molecule has 0 atom stereocenters. The lowest BCUT2D eigenvalue weighted by Gasteiger charge is -1.88. The van der Waals surface area contributed by atoms with Crippen molar-refractivity contribution in [2.24, 2.45) is 0 Å². The fraction of sp³-hybridized carbons (Fsp3) is 0.0909. The maximum atomic E-state index is 3.35. The van der Waals surface area contributed by atoms with Crippen LogP contribution in [0.3, 0.4) is 0 Å². The fourth-order valence-electron chi connectivity index (χ4n) is 0.699. The molecule has 0 saturated heterocycles. The van der Waals surface area contributed by atoms with Crippen LogP contribution in [-0.2, 0) is 0 Å². The quantitative estimate of drug-likeness (QED) is 0.588. The van der Waals surface area contributed by atoms with E-state index in [1.807, 2.05) is 24.3 Å². The molecule has 0 saturated carbocycles. The average Bonchev–Trinajstić information content (AvgIpc) is 2.09. The normalized spacial score (nSPS) is 7.50. The third-order valence-corrected chi connectivity index (χ3v) is 1.77. The summed E-state index contributed by atoms with van der Waals surface area (Å²) >= 11 is 3.35. The maximum Gasteiger partial charge on any atom is 0.0256 e. The highest BCUT2D eigenvalue weighted by atomic mass is 79.9. The molecule has 0 aliphatic carbocycles. The second-order valence-electron chi connectivity index (χ2n) is 2.13. The molecular formula is C11H7Br. The van der Waals surface area contributed by atoms with Crippen molar-refractivity contribution in [2.45, 2.75) is 6.92 Å². The minimum Gasteiger partial charge on any atom is -0.0925 e. The Labute approximate surface area is 81.1 Å². The van der Waals surface area contributed by atoms with Crippen LogP contribution in [0.1, 0.15) is 12.5 Å². The highest BCUT2D eigenvalue weighted by Gasteiger charge is 1.85. The zero-order valence-electron chi connectivity index (χ0n) is 6.69. The van der Waals surface area contributed by atoms with E-state index in [1.54, 1.807) is 6.92 Å². The second kappa shape index (κ2) is 4.65. The molecule has 1 aromatic rings. The minimum absolute atomic E-state index is 0.987. The van der Waals surface area contributed by atoms with Crippen LogP contribution in [0, 0.1) is 23.7 Å². The summed E-state index contributed by atoms with van der Waals surface area (Å²) < 4.78 is 1.06. The molecule has 0 aromatic heterocycles. The molecule has 0 aliphatic rings. The van der Waals surface area contributed by atoms with Crippen molar-refractivity contribution in [1.82, 2.24) is 0 Å². The Morgan fingerprint density at radius 3 is 2.33 bits per heavy atom. The van der Waals surface area contributed by atoms with Gasteiger partial charge in [-0.25, -0.2) is 0 Å². The van der Waals surface area contributed by atoms with Crippen LogP contribution in [0.15, 0.2) is 28.7 Å². The first-order valence-electron chi connectivity index (χ1n) is 3.51. The van der Waals surface area contributed by atoms with Crippen LogP contribution in [0.2, 0.25) is 0 Å². The first kappa shape index (κ1) is 8.91. The predicted molar refractivity (Wildman–Crippen MR) is 54.5 cm³/mol. The molecule has 0 nitrogen and oxygen atoms in total. The van der Waals surface area contributed by atoms with E-state index in [-0.39, 0.29) is 0 Å². The molecule has 0 N–H and O–H groups in total. The third-order valence-electron chi connectivity index (χ3n) is 1.24. The Bertz CT molecular complexity index is 365. The number of rotatable bonds is 0. The van der Waals surface area contributed by atoms with Gasteiger partial charge in [-0.3, -0.25) is 0 Å². The molecule has 0 aliphatic heterocycles. The summed E-state index contributed by atoms with van der Waals surface area (Å²) in [5.74, 6) is 11.1. The highest BCUT2D eigenvalue weighted by Crippen LogP contribution is 2.09. The lowest BCUT2D eigenvalue weighted by Crippen LogP contribution is -1.71. The smallest absolute Gasteiger partial charge is 0.0256 e. The summed E-state index contributed by atoms with van der Waals surface area (Å²) in [6.07, 6.45) is 0. The van der Waals surface area contributed by atoms with Crippen molar-refractivity contribution in [3.05, 3.63) is 34.3 Å². The van der Waals surface area contributed by atoms with Gasteiger partial charge in [0.05, 0.1) is 0 Å². The van der Waals surface area contributed by atoms with Gasteiger partial charge in [0.25, 0.3) is 0 Å². The van der Waals surface area contributed by atoms with Gasteiger partial charge >= 0.3 is 0 Å². The van der Waals surface area contributed by atoms with Crippen LogP contribution >= 0.6 is 15.9 Å². The number of hydrogen-bond acceptors (Lipinski definition) is 0. The third kappa shape index (κ3) is 2.82. The molecular weight excluding hydrogens is 212 g/mol. The Balaban J connectivity index is 2.84. The molecule has 0 amide bonds. The van der Waals surface area contributed by atoms with E-state index in [1.165, 1.54) is 0 Å². The maximum absolute atomic E-state index is 3.35. The molecule has 58 valence electrons. The van der Waals surface area contributed by atoms with E-state index in [9.17, 15) is 0 Å². The number of benzene rings is 1. The Morgan fingerprint density at radius 1 is 1.08 bits per heavy atom. The van der Waals surface area contributed by atoms with Gasteiger partial charge in [-0.1, -0.05) is 27.8 Å². The van der Waals surface area contributed by atoms with Gasteiger partial charge in [-0.2, -0.15) is 0 Å². The highest BCUT2D eigenvalue weighted by molar-refractivity contribution is 9.10. The van der Waals surface area contributed by atoms with Gasteiger partial charge in [-0.05, 0) is 43.0 Å². The lowest BCUT2D eigenvalue weighted by molar-refractivity contribution is 1.60. The van der Waals surface area contributed by atoms with Gasteiger partial charge in [-0.15, -0.1) is 0 Å². The van der Waals surface area contributed by atoms with Crippen LogP contribution in [0.5, 0.6) is 0 Å². The summed E-state index contributed by atoms with van der Waals surface area (Å²) in [6, 6.07) is 7.83. The van der Waals surface area contributed by atoms with Crippen molar-refractivity contribution in [1.29, 1.82) is 0 Å². The molecule has 1 aromatic carbocycles. The van der Waals surface area contributed by atoms with E-state index >= 15 is 0 Å². The standard InChI is InChI=1S/C11H7Br/c1-2-3-4-5-10-6-8-11(12)9-7-10/h6-9H,1H3. The van der Waals surface area contributed by atoms with Crippen LogP contribution in [0.25, 0.3) is 0 Å². The Kier molecular flexibility index (Phi) is 3.45. The van der Waals surface area contributed by atoms with E-state index in [0.717, 1.165) is 10.0 Å². The lowest BCUT2D eigenvalue weighted by atomic mass is 10.2. The first-order valence-corrected chi connectivity index (χ1v) is 4.30. The zero-order valence-corrected chi connectivity index (χ0v) is 8.27. The summed E-state index contributed by atoms with van der Waals surface area (Å²) in [7, 11) is 0. The van der Waals surface area contributed by atoms with E-state index < -0.39 is 0 Å². The molecule has 1 rings (SSSR count). The molecule has 0 unspecified atom stereocenters. The van der Waals surface area contributed by atoms with Crippen LogP contribution in [0.4, 0.5) is 0 Å². The largest absolute Gasteiger partial charge is 0.0925 e. The molecule has 1 heteroatoms. The zero-order chi connectivity index (χ0) is 8.81. The minimum atomic E-state index is 0.987. The van der Waals surface area contributed by atoms with E-state index in [0.29, 0.717) is 0 Å². The number of hydrogen-bond donors (Lipinski definition) is 0. The van der Waals surface area contributed by atoms with Crippen molar-refractivity contribution in [3.63, 3.8) is 0 Å². The van der Waals surface area contributed by atoms with E-state index in [4.69, 9.17) is 0 Å². The van der Waals surface area contributed by atoms with Gasteiger partial charge < -0.3 is 0 Å². The molecule has 12 heavy (non-hydrogen) atoms. The molecule has 0 fully saturated rings. The average molecular weight is 219 g/mol. The second-order valence-corrected chi connectivity index (χ2v) is 3.05. The van der Waals surface area contributed by atoms with Crippen molar-refractivity contribution >= 4 is 15.9 Å². The van der Waals surface area contributed by atoms with Crippen LogP contribution in [-0.4, -0.2) is 0 Å². The topological polar surface area (TPSA) is 0 Å². The fourth-order valence-corrected chi connectivity index (χ4v) is 0.963. The van der Waals surface area contributed by atoms with Crippen LogP contribution < -0.4 is 0 Å². The van der Waals surface area contributed by atoms with E-state index in [2.05, 4.69) is 39.6 Å². The summed E-state index contributed by atoms with van der Waals surface area (Å²) in [4.78, 5) is 0. The summed E-state index contributed by atoms with van der Waals surface area (Å²) in [5, 5.41) is 0. The Hall–Kier alpha value is -1.18. The van der Waals surface area contributed by atoms with Crippen molar-refractivity contribution in [2.75, 3.05) is 0 Å². The van der Waals surface area contributed by atoms with Crippen molar-refractivity contribution < 1.29 is 0 Å². The Morgan fingerprint density at radius 2 is 1.75 bits per heavy atom. The van der Waals surface area contributed by atoms with Crippen molar-refractivity contribution in [3.8, 4) is 23.7 Å².